The topological polar surface area (TPSA) is 55.1 Å². The lowest BCUT2D eigenvalue weighted by Crippen LogP contribution is -2.35. The van der Waals surface area contributed by atoms with Crippen LogP contribution in [-0.2, 0) is 11.3 Å². The highest BCUT2D eigenvalue weighted by Crippen LogP contribution is 2.16. The van der Waals surface area contributed by atoms with Crippen molar-refractivity contribution in [2.45, 2.75) is 12.5 Å². The predicted molar refractivity (Wildman–Crippen MR) is 89.3 cm³/mol. The molecular weight excluding hydrogens is 304 g/mol. The molecule has 1 atom stereocenters. The first-order valence-corrected chi connectivity index (χ1v) is 7.23. The lowest BCUT2D eigenvalue weighted by molar-refractivity contribution is -0.121. The van der Waals surface area contributed by atoms with E-state index in [4.69, 9.17) is 29.6 Å². The minimum Gasteiger partial charge on any atom is -0.392 e. The molecule has 0 radical (unpaired) electrons. The second-order valence-electron chi connectivity index (χ2n) is 4.59. The Labute approximate surface area is 134 Å². The summed E-state index contributed by atoms with van der Waals surface area (Å²) >= 11 is 10.8. The molecule has 1 unspecified atom stereocenters. The normalized spacial score (nSPS) is 11.7. The Morgan fingerprint density at radius 1 is 1.14 bits per heavy atom. The number of halogens is 1. The van der Waals surface area contributed by atoms with Crippen LogP contribution < -0.4 is 11.1 Å². The van der Waals surface area contributed by atoms with Crippen LogP contribution in [0.25, 0.3) is 0 Å². The van der Waals surface area contributed by atoms with E-state index in [0.717, 1.165) is 11.1 Å². The number of carbonyl (C=O) groups excluding carboxylic acids is 1. The fourth-order valence-electron chi connectivity index (χ4n) is 1.98. The monoisotopic (exact) mass is 318 g/mol. The molecule has 0 aromatic heterocycles. The summed E-state index contributed by atoms with van der Waals surface area (Å²) in [7, 11) is 0. The molecule has 2 aromatic rings. The Morgan fingerprint density at radius 3 is 2.33 bits per heavy atom. The SMILES string of the molecule is NC(=S)C(C(=O)NCc1ccc(Cl)cc1)c1ccccc1. The van der Waals surface area contributed by atoms with E-state index in [-0.39, 0.29) is 10.9 Å². The minimum absolute atomic E-state index is 0.162. The Morgan fingerprint density at radius 2 is 1.76 bits per heavy atom. The van der Waals surface area contributed by atoms with Gasteiger partial charge in [-0.2, -0.15) is 0 Å². The van der Waals surface area contributed by atoms with Crippen molar-refractivity contribution in [1.29, 1.82) is 0 Å². The molecule has 2 aromatic carbocycles. The lowest BCUT2D eigenvalue weighted by atomic mass is 9.98. The average Bonchev–Trinajstić information content (AvgIpc) is 2.47. The highest BCUT2D eigenvalue weighted by molar-refractivity contribution is 7.80. The van der Waals surface area contributed by atoms with Gasteiger partial charge in [0.1, 0.15) is 5.92 Å². The number of nitrogens with one attached hydrogen (secondary N) is 1. The number of carbonyl (C=O) groups is 1. The molecule has 0 fully saturated rings. The van der Waals surface area contributed by atoms with Gasteiger partial charge >= 0.3 is 0 Å². The van der Waals surface area contributed by atoms with Crippen LogP contribution >= 0.6 is 23.8 Å². The smallest absolute Gasteiger partial charge is 0.234 e. The van der Waals surface area contributed by atoms with Gasteiger partial charge in [0, 0.05) is 11.6 Å². The number of hydrogen-bond donors (Lipinski definition) is 2. The van der Waals surface area contributed by atoms with Crippen molar-refractivity contribution in [1.82, 2.24) is 5.32 Å². The van der Waals surface area contributed by atoms with E-state index in [9.17, 15) is 4.79 Å². The molecule has 0 saturated carbocycles. The standard InChI is InChI=1S/C16H15ClN2OS/c17-13-8-6-11(7-9-13)10-19-16(20)14(15(18)21)12-4-2-1-3-5-12/h1-9,14H,10H2,(H2,18,21)(H,19,20). The van der Waals surface area contributed by atoms with Gasteiger partial charge < -0.3 is 11.1 Å². The largest absolute Gasteiger partial charge is 0.392 e. The van der Waals surface area contributed by atoms with Gasteiger partial charge in [-0.3, -0.25) is 4.79 Å². The van der Waals surface area contributed by atoms with Crippen molar-refractivity contribution in [3.8, 4) is 0 Å². The van der Waals surface area contributed by atoms with Crippen LogP contribution in [0.15, 0.2) is 54.6 Å². The molecule has 0 aliphatic rings. The highest BCUT2D eigenvalue weighted by Gasteiger charge is 2.22. The lowest BCUT2D eigenvalue weighted by Gasteiger charge is -2.16. The third-order valence-electron chi connectivity index (χ3n) is 3.06. The molecule has 0 spiro atoms. The molecule has 0 bridgehead atoms. The van der Waals surface area contributed by atoms with Crippen LogP contribution in [0.5, 0.6) is 0 Å². The maximum Gasteiger partial charge on any atom is 0.234 e. The summed E-state index contributed by atoms with van der Waals surface area (Å²) in [6.45, 7) is 0.405. The summed E-state index contributed by atoms with van der Waals surface area (Å²) in [5.41, 5.74) is 7.46. The summed E-state index contributed by atoms with van der Waals surface area (Å²) in [6, 6.07) is 16.6. The van der Waals surface area contributed by atoms with Gasteiger partial charge in [-0.05, 0) is 23.3 Å². The maximum atomic E-state index is 12.3. The molecule has 3 nitrogen and oxygen atoms in total. The molecule has 0 aliphatic carbocycles. The summed E-state index contributed by atoms with van der Waals surface area (Å²) in [4.78, 5) is 12.5. The van der Waals surface area contributed by atoms with Gasteiger partial charge in [-0.15, -0.1) is 0 Å². The number of nitrogens with two attached hydrogens (primary N) is 1. The molecule has 0 heterocycles. The number of thiocarbonyl (C=S) groups is 1. The van der Waals surface area contributed by atoms with Crippen molar-refractivity contribution in [2.24, 2.45) is 5.73 Å². The van der Waals surface area contributed by atoms with Crippen molar-refractivity contribution >= 4 is 34.7 Å². The Balaban J connectivity index is 2.06. The molecule has 0 saturated heterocycles. The third-order valence-corrected chi connectivity index (χ3v) is 3.55. The Hall–Kier alpha value is -1.91. The predicted octanol–water partition coefficient (Wildman–Crippen LogP) is 3.03. The van der Waals surface area contributed by atoms with Crippen LogP contribution in [0.2, 0.25) is 5.02 Å². The van der Waals surface area contributed by atoms with Crippen LogP contribution in [0.4, 0.5) is 0 Å². The van der Waals surface area contributed by atoms with E-state index in [2.05, 4.69) is 5.32 Å². The number of amides is 1. The van der Waals surface area contributed by atoms with E-state index in [1.54, 1.807) is 12.1 Å². The van der Waals surface area contributed by atoms with Crippen LogP contribution in [0.1, 0.15) is 17.0 Å². The van der Waals surface area contributed by atoms with Gasteiger partial charge in [0.25, 0.3) is 0 Å². The first kappa shape index (κ1) is 15.5. The quantitative estimate of drug-likeness (QED) is 0.833. The second-order valence-corrected chi connectivity index (χ2v) is 5.50. The fraction of sp³-hybridized carbons (Fsp3) is 0.125. The third kappa shape index (κ3) is 4.28. The summed E-state index contributed by atoms with van der Waals surface area (Å²) in [5, 5.41) is 3.51. The van der Waals surface area contributed by atoms with Crippen LogP contribution in [0.3, 0.4) is 0 Å². The van der Waals surface area contributed by atoms with Crippen LogP contribution in [-0.4, -0.2) is 10.9 Å². The molecule has 5 heteroatoms. The molecule has 21 heavy (non-hydrogen) atoms. The number of rotatable bonds is 5. The summed E-state index contributed by atoms with van der Waals surface area (Å²) in [6.07, 6.45) is 0. The zero-order valence-corrected chi connectivity index (χ0v) is 12.8. The van der Waals surface area contributed by atoms with E-state index in [0.29, 0.717) is 11.6 Å². The van der Waals surface area contributed by atoms with Crippen molar-refractivity contribution < 1.29 is 4.79 Å². The number of benzene rings is 2. The molecule has 2 rings (SSSR count). The van der Waals surface area contributed by atoms with Crippen molar-refractivity contribution in [2.75, 3.05) is 0 Å². The van der Waals surface area contributed by atoms with E-state index >= 15 is 0 Å². The van der Waals surface area contributed by atoms with Crippen molar-refractivity contribution in [3.63, 3.8) is 0 Å². The average molecular weight is 319 g/mol. The minimum atomic E-state index is -0.617. The zero-order chi connectivity index (χ0) is 15.2. The molecule has 3 N–H and O–H groups in total. The van der Waals surface area contributed by atoms with Gasteiger partial charge in [0.05, 0.1) is 4.99 Å². The Kier molecular flexibility index (Phi) is 5.31. The number of hydrogen-bond acceptors (Lipinski definition) is 2. The highest BCUT2D eigenvalue weighted by atomic mass is 35.5. The van der Waals surface area contributed by atoms with Gasteiger partial charge in [0.2, 0.25) is 5.91 Å². The molecular formula is C16H15ClN2OS. The second kappa shape index (κ2) is 7.20. The van der Waals surface area contributed by atoms with Gasteiger partial charge in [-0.25, -0.2) is 0 Å². The molecule has 1 amide bonds. The first-order valence-electron chi connectivity index (χ1n) is 6.44. The Bertz CT molecular complexity index is 628. The van der Waals surface area contributed by atoms with Crippen molar-refractivity contribution in [3.05, 3.63) is 70.7 Å². The summed E-state index contributed by atoms with van der Waals surface area (Å²) in [5.74, 6) is -0.822. The molecule has 0 aliphatic heterocycles. The zero-order valence-electron chi connectivity index (χ0n) is 11.3. The van der Waals surface area contributed by atoms with Crippen LogP contribution in [0, 0.1) is 0 Å². The maximum absolute atomic E-state index is 12.3. The fourth-order valence-corrected chi connectivity index (χ4v) is 2.35. The summed E-state index contributed by atoms with van der Waals surface area (Å²) < 4.78 is 0. The molecule has 108 valence electrons. The van der Waals surface area contributed by atoms with E-state index in [1.807, 2.05) is 42.5 Å². The first-order chi connectivity index (χ1) is 10.1. The van der Waals surface area contributed by atoms with Gasteiger partial charge in [0.15, 0.2) is 0 Å². The van der Waals surface area contributed by atoms with E-state index < -0.39 is 5.92 Å². The van der Waals surface area contributed by atoms with E-state index in [1.165, 1.54) is 0 Å². The van der Waals surface area contributed by atoms with Gasteiger partial charge in [-0.1, -0.05) is 66.3 Å².